The van der Waals surface area contributed by atoms with Gasteiger partial charge in [0.1, 0.15) is 22.8 Å². The van der Waals surface area contributed by atoms with E-state index in [9.17, 15) is 24.0 Å². The summed E-state index contributed by atoms with van der Waals surface area (Å²) < 4.78 is 4.15. The maximum Gasteiger partial charge on any atom is 0.315 e. The minimum atomic E-state index is -0.787. The largest absolute Gasteiger partial charge is 0.343 e. The van der Waals surface area contributed by atoms with Crippen LogP contribution in [0.25, 0.3) is 0 Å². The van der Waals surface area contributed by atoms with Crippen molar-refractivity contribution < 1.29 is 24.0 Å². The monoisotopic (exact) mass is 731 g/mol. The minimum Gasteiger partial charge on any atom is -0.343 e. The van der Waals surface area contributed by atoms with Crippen molar-refractivity contribution in [3.63, 3.8) is 0 Å². The first-order valence-corrected chi connectivity index (χ1v) is 20.4. The molecular weight excluding hydrogens is 679 g/mol. The number of anilines is 1. The topological polar surface area (TPSA) is 178 Å². The van der Waals surface area contributed by atoms with E-state index in [-0.39, 0.29) is 47.7 Å². The highest BCUT2D eigenvalue weighted by Crippen LogP contribution is 2.37. The second-order valence-corrected chi connectivity index (χ2v) is 16.6. The maximum absolute atomic E-state index is 14.3. The maximum atomic E-state index is 14.3. The molecule has 276 valence electrons. The molecule has 6 amide bonds. The highest BCUT2D eigenvalue weighted by Gasteiger charge is 2.44. The first-order valence-electron chi connectivity index (χ1n) is 18.6. The predicted molar refractivity (Wildman–Crippen MR) is 193 cm³/mol. The van der Waals surface area contributed by atoms with Crippen molar-refractivity contribution in [2.75, 3.05) is 37.8 Å². The van der Waals surface area contributed by atoms with Crippen LogP contribution in [0.3, 0.4) is 0 Å². The first-order chi connectivity index (χ1) is 24.2. The standard InChI is InChI=1S/C34H53N9O5S2/c1-20(35-2)30(45)37-28(22-14-17-42(18-15-22)26(44)13-7-6-12-25-29-23(19-49-25)36-34(48)38-29)33(47)43-16-8-11-24(43)31(46)39-32-27(40-41-50-32)21-9-4-3-5-10-21/h20-25,28-29,35H,3-19H2,1-2H3,(H,37,45)(H,39,46)(H2,36,38,48)/t20-,23+,24-,25?,28-,29?/m0/s1. The van der Waals surface area contributed by atoms with Crippen molar-refractivity contribution in [2.24, 2.45) is 5.92 Å². The number of nitrogens with one attached hydrogen (secondary N) is 5. The number of fused-ring (bicyclic) bond motifs is 1. The number of unbranched alkanes of at least 4 members (excludes halogenated alkanes) is 1. The van der Waals surface area contributed by atoms with Gasteiger partial charge in [-0.2, -0.15) is 11.8 Å². The molecular formula is C34H53N9O5S2. The van der Waals surface area contributed by atoms with E-state index >= 15 is 0 Å². The molecule has 0 aromatic carbocycles. The zero-order valence-corrected chi connectivity index (χ0v) is 30.9. The van der Waals surface area contributed by atoms with E-state index in [0.717, 1.165) is 56.4 Å². The van der Waals surface area contributed by atoms with Gasteiger partial charge in [-0.15, -0.1) is 5.10 Å². The van der Waals surface area contributed by atoms with Crippen molar-refractivity contribution in [3.05, 3.63) is 5.69 Å². The molecule has 16 heteroatoms. The molecule has 4 aliphatic heterocycles. The summed E-state index contributed by atoms with van der Waals surface area (Å²) in [5, 5.41) is 20.5. The van der Waals surface area contributed by atoms with E-state index in [4.69, 9.17) is 0 Å². The summed E-state index contributed by atoms with van der Waals surface area (Å²) in [4.78, 5) is 69.5. The normalized spacial score (nSPS) is 27.0. The predicted octanol–water partition coefficient (Wildman–Crippen LogP) is 2.57. The van der Waals surface area contributed by atoms with Crippen molar-refractivity contribution in [3.8, 4) is 0 Å². The molecule has 6 atom stereocenters. The fraction of sp³-hybridized carbons (Fsp3) is 0.794. The van der Waals surface area contributed by atoms with Crippen molar-refractivity contribution in [1.82, 2.24) is 40.7 Å². The lowest BCUT2D eigenvalue weighted by atomic mass is 9.87. The minimum absolute atomic E-state index is 0.0810. The highest BCUT2D eigenvalue weighted by atomic mass is 32.2. The van der Waals surface area contributed by atoms with Crippen LogP contribution < -0.4 is 26.6 Å². The second-order valence-electron chi connectivity index (χ2n) is 14.6. The third kappa shape index (κ3) is 8.55. The first kappa shape index (κ1) is 36.8. The van der Waals surface area contributed by atoms with Gasteiger partial charge in [-0.25, -0.2) is 4.79 Å². The number of rotatable bonds is 13. The Morgan fingerprint density at radius 1 is 0.980 bits per heavy atom. The van der Waals surface area contributed by atoms with Crippen LogP contribution in [0.5, 0.6) is 0 Å². The number of likely N-dealkylation sites (tertiary alicyclic amines) is 2. The number of hydrogen-bond acceptors (Lipinski definition) is 10. The summed E-state index contributed by atoms with van der Waals surface area (Å²) in [6, 6.07) is -1.61. The molecule has 14 nitrogen and oxygen atoms in total. The van der Waals surface area contributed by atoms with E-state index in [1.165, 1.54) is 18.0 Å². The highest BCUT2D eigenvalue weighted by molar-refractivity contribution is 8.00. The van der Waals surface area contributed by atoms with Gasteiger partial charge in [0.2, 0.25) is 23.6 Å². The molecule has 1 saturated carbocycles. The van der Waals surface area contributed by atoms with Gasteiger partial charge in [0.05, 0.1) is 18.1 Å². The summed E-state index contributed by atoms with van der Waals surface area (Å²) >= 11 is 3.08. The Labute approximate surface area is 302 Å². The molecule has 5 heterocycles. The molecule has 0 radical (unpaired) electrons. The van der Waals surface area contributed by atoms with E-state index in [2.05, 4.69) is 36.2 Å². The summed E-state index contributed by atoms with van der Waals surface area (Å²) in [6.07, 6.45) is 11.2. The summed E-state index contributed by atoms with van der Waals surface area (Å²) in [5.74, 6) is 0.450. The van der Waals surface area contributed by atoms with E-state index in [0.29, 0.717) is 67.9 Å². The zero-order valence-electron chi connectivity index (χ0n) is 29.3. The van der Waals surface area contributed by atoms with Crippen LogP contribution >= 0.6 is 23.3 Å². The third-order valence-electron chi connectivity index (χ3n) is 11.4. The number of urea groups is 1. The Morgan fingerprint density at radius 2 is 1.76 bits per heavy atom. The van der Waals surface area contributed by atoms with Gasteiger partial charge in [0.25, 0.3) is 0 Å². The van der Waals surface area contributed by atoms with Gasteiger partial charge in [-0.3, -0.25) is 19.2 Å². The SMILES string of the molecule is CN[C@@H](C)C(=O)N[C@H](C(=O)N1CCC[C@H]1C(=O)Nc1snnc1C1CCCCC1)C1CCN(C(=O)CCCCC2SC[C@H]3NC(=O)NC23)CC1. The lowest BCUT2D eigenvalue weighted by Gasteiger charge is -2.38. The lowest BCUT2D eigenvalue weighted by molar-refractivity contribution is -0.142. The van der Waals surface area contributed by atoms with Gasteiger partial charge < -0.3 is 36.4 Å². The fourth-order valence-electron chi connectivity index (χ4n) is 8.30. The van der Waals surface area contributed by atoms with E-state index in [1.54, 1.807) is 18.9 Å². The number of piperidine rings is 1. The van der Waals surface area contributed by atoms with E-state index < -0.39 is 18.1 Å². The van der Waals surface area contributed by atoms with Crippen LogP contribution in [0, 0.1) is 5.92 Å². The molecule has 6 rings (SSSR count). The molecule has 0 bridgehead atoms. The Balaban J connectivity index is 1.03. The molecule has 1 aliphatic carbocycles. The third-order valence-corrected chi connectivity index (χ3v) is 13.6. The number of amides is 6. The van der Waals surface area contributed by atoms with Gasteiger partial charge in [-0.05, 0) is 71.3 Å². The molecule has 2 unspecified atom stereocenters. The molecule has 5 N–H and O–H groups in total. The van der Waals surface area contributed by atoms with Gasteiger partial charge in [-0.1, -0.05) is 30.2 Å². The molecule has 4 saturated heterocycles. The van der Waals surface area contributed by atoms with Gasteiger partial charge >= 0.3 is 6.03 Å². The smallest absolute Gasteiger partial charge is 0.315 e. The number of aromatic nitrogens is 2. The number of carbonyl (C=O) groups excluding carboxylic acids is 5. The Morgan fingerprint density at radius 3 is 2.52 bits per heavy atom. The van der Waals surface area contributed by atoms with Crippen LogP contribution in [0.1, 0.15) is 102 Å². The second kappa shape index (κ2) is 17.0. The molecule has 5 aliphatic rings. The van der Waals surface area contributed by atoms with E-state index in [1.807, 2.05) is 16.7 Å². The lowest BCUT2D eigenvalue weighted by Crippen LogP contribution is -2.58. The van der Waals surface area contributed by atoms with Crippen LogP contribution in [-0.2, 0) is 19.2 Å². The summed E-state index contributed by atoms with van der Waals surface area (Å²) in [5.41, 5.74) is 0.856. The molecule has 50 heavy (non-hydrogen) atoms. The summed E-state index contributed by atoms with van der Waals surface area (Å²) in [6.45, 7) is 3.25. The van der Waals surface area contributed by atoms with Crippen molar-refractivity contribution in [2.45, 2.75) is 132 Å². The summed E-state index contributed by atoms with van der Waals surface area (Å²) in [7, 11) is 1.70. The van der Waals surface area contributed by atoms with Gasteiger partial charge in [0, 0.05) is 54.5 Å². The fourth-order valence-corrected chi connectivity index (χ4v) is 10.5. The van der Waals surface area contributed by atoms with Crippen LogP contribution in [-0.4, -0.2) is 117 Å². The average molecular weight is 732 g/mol. The van der Waals surface area contributed by atoms with Crippen LogP contribution in [0.4, 0.5) is 9.80 Å². The quantitative estimate of drug-likeness (QED) is 0.151. The number of nitrogens with zero attached hydrogens (tertiary/aromatic N) is 4. The van der Waals surface area contributed by atoms with Gasteiger partial charge in [0.15, 0.2) is 0 Å². The molecule has 1 aromatic rings. The Bertz CT molecular complexity index is 1380. The number of carbonyl (C=O) groups is 5. The number of thioether (sulfide) groups is 1. The molecule has 0 spiro atoms. The number of hydrogen-bond donors (Lipinski definition) is 5. The Hall–Kier alpha value is -2.98. The van der Waals surface area contributed by atoms with Crippen LogP contribution in [0.2, 0.25) is 0 Å². The van der Waals surface area contributed by atoms with Crippen molar-refractivity contribution >= 4 is 58.0 Å². The molecule has 1 aromatic heterocycles. The number of likely N-dealkylation sites (N-methyl/N-ethyl adjacent to an activating group) is 1. The average Bonchev–Trinajstić information content (AvgIpc) is 3.95. The van der Waals surface area contributed by atoms with Crippen molar-refractivity contribution in [1.29, 1.82) is 0 Å². The van der Waals surface area contributed by atoms with Crippen LogP contribution in [0.15, 0.2) is 0 Å². The Kier molecular flexibility index (Phi) is 12.5. The molecule has 5 fully saturated rings. The zero-order chi connectivity index (χ0) is 35.2.